The molecule has 100 valence electrons. The van der Waals surface area contributed by atoms with E-state index >= 15 is 0 Å². The van der Waals surface area contributed by atoms with Crippen molar-refractivity contribution in [2.45, 2.75) is 44.6 Å². The number of H-pyrrole nitrogens is 1. The summed E-state index contributed by atoms with van der Waals surface area (Å²) in [5.41, 5.74) is 6.61. The minimum Gasteiger partial charge on any atom is -0.446 e. The molecular weight excluding hydrogens is 232 g/mol. The number of ether oxygens (including phenoxy) is 1. The van der Waals surface area contributed by atoms with Gasteiger partial charge in [0.2, 0.25) is 0 Å². The molecule has 1 aliphatic carbocycles. The first-order valence-corrected chi connectivity index (χ1v) is 6.44. The normalized spacial score (nSPS) is 22.9. The van der Waals surface area contributed by atoms with Gasteiger partial charge < -0.3 is 15.8 Å². The van der Waals surface area contributed by atoms with E-state index in [2.05, 4.69) is 15.5 Å². The summed E-state index contributed by atoms with van der Waals surface area (Å²) in [6.07, 6.45) is 3.32. The Hall–Kier alpha value is -1.72. The molecule has 0 aliphatic heterocycles. The molecule has 1 fully saturated rings. The molecule has 0 spiro atoms. The number of carbonyl (C=O) groups is 1. The van der Waals surface area contributed by atoms with Crippen molar-refractivity contribution in [2.24, 2.45) is 0 Å². The molecule has 6 heteroatoms. The second kappa shape index (κ2) is 5.75. The maximum atomic E-state index is 11.4. The number of amides is 1. The molecular formula is C12H20N4O2. The molecule has 1 heterocycles. The number of nitrogen functional groups attached to an aromatic ring is 1. The number of nitrogens with one attached hydrogen (secondary N) is 2. The van der Waals surface area contributed by atoms with Gasteiger partial charge in [-0.1, -0.05) is 6.92 Å². The largest absolute Gasteiger partial charge is 0.446 e. The second-order valence-electron chi connectivity index (χ2n) is 4.71. The van der Waals surface area contributed by atoms with Crippen molar-refractivity contribution in [1.82, 2.24) is 15.5 Å². The summed E-state index contributed by atoms with van der Waals surface area (Å²) in [5.74, 6) is 0.869. The molecule has 0 unspecified atom stereocenters. The van der Waals surface area contributed by atoms with Gasteiger partial charge in [0.05, 0.1) is 0 Å². The van der Waals surface area contributed by atoms with Crippen LogP contribution in [-0.4, -0.2) is 28.9 Å². The Morgan fingerprint density at radius 1 is 1.67 bits per heavy atom. The van der Waals surface area contributed by atoms with Crippen LogP contribution < -0.4 is 11.1 Å². The highest BCUT2D eigenvalue weighted by atomic mass is 16.6. The van der Waals surface area contributed by atoms with E-state index in [1.807, 2.05) is 13.0 Å². The van der Waals surface area contributed by atoms with Crippen LogP contribution in [0.1, 0.15) is 44.2 Å². The monoisotopic (exact) mass is 252 g/mol. The first-order valence-electron chi connectivity index (χ1n) is 6.44. The van der Waals surface area contributed by atoms with Gasteiger partial charge in [-0.2, -0.15) is 5.10 Å². The smallest absolute Gasteiger partial charge is 0.407 e. The Morgan fingerprint density at radius 3 is 3.17 bits per heavy atom. The Balaban J connectivity index is 1.80. The Kier molecular flexibility index (Phi) is 4.07. The van der Waals surface area contributed by atoms with E-state index in [1.54, 1.807) is 0 Å². The molecule has 1 aromatic heterocycles. The molecule has 2 atom stereocenters. The van der Waals surface area contributed by atoms with Gasteiger partial charge in [-0.05, 0) is 25.7 Å². The Labute approximate surface area is 106 Å². The Morgan fingerprint density at radius 2 is 2.50 bits per heavy atom. The quantitative estimate of drug-likeness (QED) is 0.761. The summed E-state index contributed by atoms with van der Waals surface area (Å²) < 4.78 is 5.36. The molecule has 1 saturated carbocycles. The molecule has 1 amide bonds. The zero-order valence-corrected chi connectivity index (χ0v) is 10.6. The fourth-order valence-electron chi connectivity index (χ4n) is 2.31. The molecule has 0 radical (unpaired) electrons. The van der Waals surface area contributed by atoms with Crippen LogP contribution in [-0.2, 0) is 4.74 Å². The van der Waals surface area contributed by atoms with Crippen LogP contribution in [0.15, 0.2) is 6.07 Å². The highest BCUT2D eigenvalue weighted by Crippen LogP contribution is 2.35. The van der Waals surface area contributed by atoms with E-state index in [9.17, 15) is 4.79 Å². The predicted molar refractivity (Wildman–Crippen MR) is 68.2 cm³/mol. The molecule has 0 bridgehead atoms. The summed E-state index contributed by atoms with van der Waals surface area (Å²) >= 11 is 0. The fraction of sp³-hybridized carbons (Fsp3) is 0.667. The summed E-state index contributed by atoms with van der Waals surface area (Å²) in [6.45, 7) is 2.67. The van der Waals surface area contributed by atoms with Crippen molar-refractivity contribution in [2.75, 3.05) is 12.3 Å². The molecule has 18 heavy (non-hydrogen) atoms. The lowest BCUT2D eigenvalue weighted by atomic mass is 10.0. The van der Waals surface area contributed by atoms with Crippen LogP contribution in [0.25, 0.3) is 0 Å². The van der Waals surface area contributed by atoms with E-state index in [0.29, 0.717) is 18.3 Å². The van der Waals surface area contributed by atoms with Crippen molar-refractivity contribution in [3.8, 4) is 0 Å². The van der Waals surface area contributed by atoms with Gasteiger partial charge in [0.1, 0.15) is 11.9 Å². The number of anilines is 1. The van der Waals surface area contributed by atoms with Crippen molar-refractivity contribution in [3.63, 3.8) is 0 Å². The predicted octanol–water partition coefficient (Wildman–Crippen LogP) is 1.76. The van der Waals surface area contributed by atoms with Gasteiger partial charge in [-0.3, -0.25) is 5.10 Å². The van der Waals surface area contributed by atoms with Crippen molar-refractivity contribution in [3.05, 3.63) is 11.8 Å². The lowest BCUT2D eigenvalue weighted by Crippen LogP contribution is -2.28. The van der Waals surface area contributed by atoms with Crippen LogP contribution in [0.2, 0.25) is 0 Å². The number of nitrogens with two attached hydrogens (primary N) is 1. The van der Waals surface area contributed by atoms with Crippen LogP contribution in [0.3, 0.4) is 0 Å². The molecule has 1 aliphatic rings. The third-order valence-corrected chi connectivity index (χ3v) is 3.23. The molecule has 1 aromatic rings. The second-order valence-corrected chi connectivity index (χ2v) is 4.71. The zero-order valence-electron chi connectivity index (χ0n) is 10.6. The fourth-order valence-corrected chi connectivity index (χ4v) is 2.31. The van der Waals surface area contributed by atoms with Crippen molar-refractivity contribution < 1.29 is 9.53 Å². The number of aromatic nitrogens is 2. The zero-order chi connectivity index (χ0) is 13.0. The minimum absolute atomic E-state index is 0.00335. The molecule has 0 aromatic carbocycles. The van der Waals surface area contributed by atoms with Crippen LogP contribution in [0, 0.1) is 0 Å². The topological polar surface area (TPSA) is 93.0 Å². The molecule has 0 saturated heterocycles. The number of rotatable bonds is 4. The Bertz CT molecular complexity index is 405. The van der Waals surface area contributed by atoms with E-state index in [-0.39, 0.29) is 12.2 Å². The van der Waals surface area contributed by atoms with Gasteiger partial charge in [0, 0.05) is 24.2 Å². The average molecular weight is 252 g/mol. The van der Waals surface area contributed by atoms with Crippen LogP contribution in [0.4, 0.5) is 10.6 Å². The maximum Gasteiger partial charge on any atom is 0.407 e. The number of alkyl carbamates (subject to hydrolysis) is 1. The molecule has 2 rings (SSSR count). The number of carbonyl (C=O) groups excluding carboxylic acids is 1. The molecule has 4 N–H and O–H groups in total. The summed E-state index contributed by atoms with van der Waals surface area (Å²) in [6, 6.07) is 1.85. The van der Waals surface area contributed by atoms with E-state index in [0.717, 1.165) is 31.4 Å². The van der Waals surface area contributed by atoms with E-state index in [1.165, 1.54) is 0 Å². The standard InChI is InChI=1S/C12H20N4O2/c1-2-5-14-12(17)18-9-4-3-8(6-9)10-7-11(13)16-15-10/h7-9H,2-6H2,1H3,(H,14,17)(H3,13,15,16)/t8-,9+/m0/s1. The maximum absolute atomic E-state index is 11.4. The highest BCUT2D eigenvalue weighted by molar-refractivity contribution is 5.67. The summed E-state index contributed by atoms with van der Waals surface area (Å²) in [5, 5.41) is 9.56. The number of hydrogen-bond acceptors (Lipinski definition) is 4. The van der Waals surface area contributed by atoms with Crippen LogP contribution in [0.5, 0.6) is 0 Å². The number of aromatic amines is 1. The van der Waals surface area contributed by atoms with Gasteiger partial charge in [0.15, 0.2) is 0 Å². The minimum atomic E-state index is -0.313. The van der Waals surface area contributed by atoms with Gasteiger partial charge in [-0.15, -0.1) is 0 Å². The molecule has 6 nitrogen and oxygen atoms in total. The first-order chi connectivity index (χ1) is 8.69. The van der Waals surface area contributed by atoms with Crippen LogP contribution >= 0.6 is 0 Å². The third-order valence-electron chi connectivity index (χ3n) is 3.23. The summed E-state index contributed by atoms with van der Waals surface area (Å²) in [7, 11) is 0. The highest BCUT2D eigenvalue weighted by Gasteiger charge is 2.29. The van der Waals surface area contributed by atoms with Gasteiger partial charge in [-0.25, -0.2) is 4.79 Å². The lowest BCUT2D eigenvalue weighted by Gasteiger charge is -2.12. The average Bonchev–Trinajstić information content (AvgIpc) is 2.95. The number of nitrogens with zero attached hydrogens (tertiary/aromatic N) is 1. The van der Waals surface area contributed by atoms with Crippen molar-refractivity contribution >= 4 is 11.9 Å². The number of hydrogen-bond donors (Lipinski definition) is 3. The summed E-state index contributed by atoms with van der Waals surface area (Å²) in [4.78, 5) is 11.4. The van der Waals surface area contributed by atoms with E-state index in [4.69, 9.17) is 10.5 Å². The lowest BCUT2D eigenvalue weighted by molar-refractivity contribution is 0.100. The SMILES string of the molecule is CCCNC(=O)O[C@@H]1CC[C@H](c2cc(N)n[nH]2)C1. The van der Waals surface area contributed by atoms with E-state index < -0.39 is 0 Å². The van der Waals surface area contributed by atoms with Crippen molar-refractivity contribution in [1.29, 1.82) is 0 Å². The third kappa shape index (κ3) is 3.15. The first kappa shape index (κ1) is 12.7. The van der Waals surface area contributed by atoms with Gasteiger partial charge in [0.25, 0.3) is 0 Å². The van der Waals surface area contributed by atoms with Gasteiger partial charge >= 0.3 is 6.09 Å².